The van der Waals surface area contributed by atoms with E-state index < -0.39 is 20.3 Å². The molecule has 0 heterocycles. The lowest BCUT2D eigenvalue weighted by Gasteiger charge is -2.43. The Balaban J connectivity index is 2.59. The minimum atomic E-state index is -2.73. The molecule has 0 aliphatic rings. The summed E-state index contributed by atoms with van der Waals surface area (Å²) in [4.78, 5) is 16.0. The molecule has 0 saturated carbocycles. The van der Waals surface area contributed by atoms with Crippen LogP contribution >= 0.6 is 12.2 Å². The van der Waals surface area contributed by atoms with Gasteiger partial charge in [-0.2, -0.15) is 0 Å². The maximum Gasteiger partial charge on any atom is 0.333 e. The largest absolute Gasteiger partial charge is 0.467 e. The maximum atomic E-state index is 12.1. The van der Waals surface area contributed by atoms with Crippen molar-refractivity contribution in [2.45, 2.75) is 31.9 Å². The number of benzene rings is 2. The molecule has 142 valence electrons. The number of methoxy groups -OCH3 is 1. The van der Waals surface area contributed by atoms with Crippen LogP contribution in [-0.2, 0) is 14.0 Å². The summed E-state index contributed by atoms with van der Waals surface area (Å²) in [6.45, 7) is 6.61. The Morgan fingerprint density at radius 1 is 1.07 bits per heavy atom. The minimum Gasteiger partial charge on any atom is -0.467 e. The third-order valence-corrected chi connectivity index (χ3v) is 9.67. The molecule has 1 unspecified atom stereocenters. The van der Waals surface area contributed by atoms with E-state index in [9.17, 15) is 4.79 Å². The summed E-state index contributed by atoms with van der Waals surface area (Å²) in [5.41, 5.74) is 0. The van der Waals surface area contributed by atoms with Crippen molar-refractivity contribution in [3.63, 3.8) is 0 Å². The van der Waals surface area contributed by atoms with Gasteiger partial charge in [0.25, 0.3) is 8.32 Å². The van der Waals surface area contributed by atoms with Crippen molar-refractivity contribution in [3.05, 3.63) is 60.7 Å². The van der Waals surface area contributed by atoms with E-state index in [1.807, 2.05) is 36.4 Å². The van der Waals surface area contributed by atoms with Crippen molar-refractivity contribution in [2.75, 3.05) is 13.7 Å². The molecule has 0 aromatic heterocycles. The average Bonchev–Trinajstić information content (AvgIpc) is 2.67. The number of rotatable bonds is 7. The predicted octanol–water partition coefficient (Wildman–Crippen LogP) is 3.21. The zero-order valence-electron chi connectivity index (χ0n) is 16.1. The Labute approximate surface area is 167 Å². The number of isothiocyanates is 1. The van der Waals surface area contributed by atoms with Gasteiger partial charge >= 0.3 is 5.97 Å². The number of hydrogen-bond donors (Lipinski definition) is 0. The van der Waals surface area contributed by atoms with Crippen LogP contribution in [0.25, 0.3) is 0 Å². The molecule has 2 aromatic rings. The molecule has 4 nitrogen and oxygen atoms in total. The van der Waals surface area contributed by atoms with Gasteiger partial charge in [0, 0.05) is 0 Å². The molecule has 6 heteroatoms. The number of esters is 1. The number of hydrogen-bond acceptors (Lipinski definition) is 5. The van der Waals surface area contributed by atoms with Crippen molar-refractivity contribution in [1.82, 2.24) is 0 Å². The number of ether oxygens (including phenoxy) is 1. The van der Waals surface area contributed by atoms with Crippen LogP contribution in [0, 0.1) is 0 Å². The maximum absolute atomic E-state index is 12.1. The van der Waals surface area contributed by atoms with Crippen LogP contribution in [-0.4, -0.2) is 39.2 Å². The van der Waals surface area contributed by atoms with E-state index in [1.165, 1.54) is 7.11 Å². The van der Waals surface area contributed by atoms with Crippen molar-refractivity contribution >= 4 is 42.0 Å². The molecular formula is C21H25NO3SSi. The number of aliphatic imine (C=N–C) groups is 1. The summed E-state index contributed by atoms with van der Waals surface area (Å²) in [6.07, 6.45) is 0. The summed E-state index contributed by atoms with van der Waals surface area (Å²) in [6, 6.07) is 19.6. The molecule has 2 aromatic carbocycles. The SMILES string of the molecule is COC(=O)C(CO[Si](c1ccccc1)(c1ccccc1)C(C)(C)C)N=C=S. The first kappa shape index (κ1) is 21.2. The first-order valence-electron chi connectivity index (χ1n) is 8.76. The van der Waals surface area contributed by atoms with Gasteiger partial charge in [-0.1, -0.05) is 81.4 Å². The quantitative estimate of drug-likeness (QED) is 0.310. The van der Waals surface area contributed by atoms with Gasteiger partial charge < -0.3 is 9.16 Å². The van der Waals surface area contributed by atoms with Gasteiger partial charge in [0.05, 0.1) is 18.9 Å². The van der Waals surface area contributed by atoms with Gasteiger partial charge in [0.15, 0.2) is 6.04 Å². The molecule has 0 N–H and O–H groups in total. The predicted molar refractivity (Wildman–Crippen MR) is 114 cm³/mol. The lowest BCUT2D eigenvalue weighted by molar-refractivity contribution is -0.142. The molecular weight excluding hydrogens is 374 g/mol. The third-order valence-electron chi connectivity index (χ3n) is 4.56. The summed E-state index contributed by atoms with van der Waals surface area (Å²) in [5.74, 6) is -0.481. The zero-order valence-corrected chi connectivity index (χ0v) is 18.0. The topological polar surface area (TPSA) is 47.9 Å². The van der Waals surface area contributed by atoms with Crippen LogP contribution in [0.5, 0.6) is 0 Å². The Hall–Kier alpha value is -2.11. The smallest absolute Gasteiger partial charge is 0.333 e. The van der Waals surface area contributed by atoms with Crippen molar-refractivity contribution < 1.29 is 14.0 Å². The summed E-state index contributed by atoms with van der Waals surface area (Å²) in [7, 11) is -1.40. The van der Waals surface area contributed by atoms with Crippen LogP contribution in [0.2, 0.25) is 5.04 Å². The van der Waals surface area contributed by atoms with E-state index in [-0.39, 0.29) is 11.6 Å². The van der Waals surface area contributed by atoms with Crippen LogP contribution in [0.4, 0.5) is 0 Å². The lowest BCUT2D eigenvalue weighted by Crippen LogP contribution is -2.67. The molecule has 27 heavy (non-hydrogen) atoms. The number of nitrogens with zero attached hydrogens (tertiary/aromatic N) is 1. The summed E-state index contributed by atoms with van der Waals surface area (Å²) in [5, 5.41) is 4.37. The van der Waals surface area contributed by atoms with E-state index >= 15 is 0 Å². The molecule has 2 rings (SSSR count). The third kappa shape index (κ3) is 4.60. The Morgan fingerprint density at radius 3 is 1.93 bits per heavy atom. The second kappa shape index (κ2) is 9.20. The van der Waals surface area contributed by atoms with Gasteiger partial charge in [0.1, 0.15) is 0 Å². The van der Waals surface area contributed by atoms with Gasteiger partial charge in [-0.25, -0.2) is 9.79 Å². The molecule has 0 radical (unpaired) electrons. The summed E-state index contributed by atoms with van der Waals surface area (Å²) < 4.78 is 11.5. The highest BCUT2D eigenvalue weighted by Crippen LogP contribution is 2.36. The van der Waals surface area contributed by atoms with Crippen LogP contribution in [0.3, 0.4) is 0 Å². The molecule has 0 spiro atoms. The van der Waals surface area contributed by atoms with Gasteiger partial charge in [-0.05, 0) is 27.6 Å². The van der Waals surface area contributed by atoms with E-state index in [1.54, 1.807) is 0 Å². The number of carbonyl (C=O) groups excluding carboxylic acids is 1. The fourth-order valence-electron chi connectivity index (χ4n) is 3.32. The summed E-state index contributed by atoms with van der Waals surface area (Å²) >= 11 is 4.69. The second-order valence-electron chi connectivity index (χ2n) is 7.23. The number of carbonyl (C=O) groups is 1. The van der Waals surface area contributed by atoms with Gasteiger partial charge in [-0.15, -0.1) is 0 Å². The molecule has 0 amide bonds. The molecule has 0 fully saturated rings. The molecule has 1 atom stereocenters. The Bertz CT molecular complexity index is 760. The normalized spacial score (nSPS) is 12.7. The lowest BCUT2D eigenvalue weighted by atomic mass is 10.2. The van der Waals surface area contributed by atoms with Crippen molar-refractivity contribution in [3.8, 4) is 0 Å². The van der Waals surface area contributed by atoms with Crippen molar-refractivity contribution in [2.24, 2.45) is 4.99 Å². The fraction of sp³-hybridized carbons (Fsp3) is 0.333. The number of thiocarbonyl (C=S) groups is 1. The van der Waals surface area contributed by atoms with E-state index in [0.717, 1.165) is 10.4 Å². The van der Waals surface area contributed by atoms with E-state index in [4.69, 9.17) is 21.4 Å². The first-order chi connectivity index (χ1) is 12.9. The highest BCUT2D eigenvalue weighted by atomic mass is 32.1. The Kier molecular flexibility index (Phi) is 7.22. The average molecular weight is 400 g/mol. The molecule has 0 aliphatic carbocycles. The zero-order chi connectivity index (χ0) is 19.9. The minimum absolute atomic E-state index is 0.0869. The first-order valence-corrected chi connectivity index (χ1v) is 11.1. The van der Waals surface area contributed by atoms with Crippen LogP contribution in [0.1, 0.15) is 20.8 Å². The van der Waals surface area contributed by atoms with E-state index in [0.29, 0.717) is 0 Å². The van der Waals surface area contributed by atoms with Crippen LogP contribution in [0.15, 0.2) is 65.7 Å². The molecule has 0 bridgehead atoms. The van der Waals surface area contributed by atoms with E-state index in [2.05, 4.69) is 55.2 Å². The van der Waals surface area contributed by atoms with Gasteiger partial charge in [-0.3, -0.25) is 0 Å². The highest BCUT2D eigenvalue weighted by Gasteiger charge is 2.50. The second-order valence-corrected chi connectivity index (χ2v) is 11.7. The monoisotopic (exact) mass is 399 g/mol. The standard InChI is InChI=1S/C21H25NO3SSi/c1-21(2,3)27(17-11-7-5-8-12-17,18-13-9-6-10-14-18)25-15-19(22-16-26)20(23)24-4/h5-14,19H,15H2,1-4H3. The molecule has 0 saturated heterocycles. The molecule has 0 aliphatic heterocycles. The fourth-order valence-corrected chi connectivity index (χ4v) is 8.01. The van der Waals surface area contributed by atoms with Crippen molar-refractivity contribution in [1.29, 1.82) is 0 Å². The van der Waals surface area contributed by atoms with Gasteiger partial charge in [0.2, 0.25) is 0 Å². The Morgan fingerprint density at radius 2 is 1.56 bits per heavy atom. The van der Waals surface area contributed by atoms with Crippen LogP contribution < -0.4 is 10.4 Å². The highest BCUT2D eigenvalue weighted by molar-refractivity contribution is 7.78.